The van der Waals surface area contributed by atoms with Crippen LogP contribution in [-0.2, 0) is 9.47 Å². The van der Waals surface area contributed by atoms with Gasteiger partial charge in [-0.05, 0) is 43.9 Å². The van der Waals surface area contributed by atoms with Crippen molar-refractivity contribution in [1.29, 1.82) is 0 Å². The van der Waals surface area contributed by atoms with Gasteiger partial charge in [-0.15, -0.1) is 0 Å². The van der Waals surface area contributed by atoms with Crippen LogP contribution in [0.25, 0.3) is 0 Å². The molecule has 0 aromatic heterocycles. The van der Waals surface area contributed by atoms with E-state index in [0.29, 0.717) is 18.3 Å². The summed E-state index contributed by atoms with van der Waals surface area (Å²) in [6, 6.07) is 0. The molecule has 2 saturated heterocycles. The number of fused-ring (bicyclic) bond motifs is 1. The Morgan fingerprint density at radius 3 is 2.80 bits per heavy atom. The predicted octanol–water partition coefficient (Wildman–Crippen LogP) is 2.76. The van der Waals surface area contributed by atoms with Crippen molar-refractivity contribution in [3.8, 4) is 0 Å². The molecule has 0 aromatic rings. The van der Waals surface area contributed by atoms with Crippen LogP contribution in [0.3, 0.4) is 0 Å². The first-order valence-electron chi connectivity index (χ1n) is 6.64. The van der Waals surface area contributed by atoms with Crippen LogP contribution in [0.4, 0.5) is 0 Å². The SMILES string of the molecule is CCC(CCC1CO1)C1CCC2OC2C1. The summed E-state index contributed by atoms with van der Waals surface area (Å²) in [5.41, 5.74) is 0. The molecule has 0 N–H and O–H groups in total. The van der Waals surface area contributed by atoms with Gasteiger partial charge in [0.2, 0.25) is 0 Å². The first-order chi connectivity index (χ1) is 7.36. The molecule has 3 rings (SSSR count). The summed E-state index contributed by atoms with van der Waals surface area (Å²) < 4.78 is 10.9. The summed E-state index contributed by atoms with van der Waals surface area (Å²) in [4.78, 5) is 0. The van der Waals surface area contributed by atoms with Crippen molar-refractivity contribution in [2.24, 2.45) is 11.8 Å². The summed E-state index contributed by atoms with van der Waals surface area (Å²) in [7, 11) is 0. The lowest BCUT2D eigenvalue weighted by Crippen LogP contribution is -2.21. The van der Waals surface area contributed by atoms with E-state index in [2.05, 4.69) is 6.92 Å². The van der Waals surface area contributed by atoms with E-state index < -0.39 is 0 Å². The van der Waals surface area contributed by atoms with E-state index in [1.165, 1.54) is 38.5 Å². The topological polar surface area (TPSA) is 25.1 Å². The first-order valence-corrected chi connectivity index (χ1v) is 6.64. The second-order valence-electron chi connectivity index (χ2n) is 5.49. The van der Waals surface area contributed by atoms with E-state index in [-0.39, 0.29) is 0 Å². The first kappa shape index (κ1) is 10.1. The highest BCUT2D eigenvalue weighted by Gasteiger charge is 2.45. The molecular weight excluding hydrogens is 188 g/mol. The Morgan fingerprint density at radius 2 is 2.13 bits per heavy atom. The highest BCUT2D eigenvalue weighted by molar-refractivity contribution is 4.93. The lowest BCUT2D eigenvalue weighted by Gasteiger charge is -2.27. The van der Waals surface area contributed by atoms with Crippen molar-refractivity contribution in [1.82, 2.24) is 0 Å². The average Bonchev–Trinajstić information content (AvgIpc) is 3.13. The van der Waals surface area contributed by atoms with Crippen molar-refractivity contribution in [3.63, 3.8) is 0 Å². The molecule has 1 saturated carbocycles. The van der Waals surface area contributed by atoms with E-state index in [1.54, 1.807) is 0 Å². The van der Waals surface area contributed by atoms with Gasteiger partial charge in [0.15, 0.2) is 0 Å². The van der Waals surface area contributed by atoms with Crippen LogP contribution >= 0.6 is 0 Å². The standard InChI is InChI=1S/C13H22O2/c1-2-9(3-5-11-8-14-11)10-4-6-12-13(7-10)15-12/h9-13H,2-8H2,1H3. The third-order valence-corrected chi connectivity index (χ3v) is 4.50. The molecule has 0 spiro atoms. The van der Waals surface area contributed by atoms with Crippen molar-refractivity contribution in [2.45, 2.75) is 63.8 Å². The highest BCUT2D eigenvalue weighted by atomic mass is 16.6. The van der Waals surface area contributed by atoms with Gasteiger partial charge in [-0.25, -0.2) is 0 Å². The smallest absolute Gasteiger partial charge is 0.0844 e. The molecule has 0 amide bonds. The predicted molar refractivity (Wildman–Crippen MR) is 58.8 cm³/mol. The second kappa shape index (κ2) is 4.06. The fourth-order valence-electron chi connectivity index (χ4n) is 3.27. The quantitative estimate of drug-likeness (QED) is 0.652. The van der Waals surface area contributed by atoms with Gasteiger partial charge in [0.25, 0.3) is 0 Å². The van der Waals surface area contributed by atoms with E-state index in [9.17, 15) is 0 Å². The maximum absolute atomic E-state index is 5.62. The fourth-order valence-corrected chi connectivity index (χ4v) is 3.27. The van der Waals surface area contributed by atoms with Gasteiger partial charge in [0.1, 0.15) is 0 Å². The lowest BCUT2D eigenvalue weighted by molar-refractivity contribution is 0.232. The van der Waals surface area contributed by atoms with Crippen molar-refractivity contribution >= 4 is 0 Å². The third-order valence-electron chi connectivity index (χ3n) is 4.50. The Bertz CT molecular complexity index is 225. The van der Waals surface area contributed by atoms with Gasteiger partial charge in [-0.2, -0.15) is 0 Å². The molecule has 5 unspecified atom stereocenters. The van der Waals surface area contributed by atoms with Gasteiger partial charge < -0.3 is 9.47 Å². The van der Waals surface area contributed by atoms with E-state index in [1.807, 2.05) is 0 Å². The Labute approximate surface area is 92.3 Å². The Balaban J connectivity index is 1.47. The van der Waals surface area contributed by atoms with Crippen LogP contribution in [0.2, 0.25) is 0 Å². The molecule has 2 heteroatoms. The highest BCUT2D eigenvalue weighted by Crippen LogP contribution is 2.44. The van der Waals surface area contributed by atoms with Gasteiger partial charge in [-0.3, -0.25) is 0 Å². The zero-order chi connectivity index (χ0) is 10.3. The summed E-state index contributed by atoms with van der Waals surface area (Å²) >= 11 is 0. The number of rotatable bonds is 5. The fraction of sp³-hybridized carbons (Fsp3) is 1.00. The average molecular weight is 210 g/mol. The Kier molecular flexibility index (Phi) is 2.73. The van der Waals surface area contributed by atoms with E-state index in [4.69, 9.17) is 9.47 Å². The maximum Gasteiger partial charge on any atom is 0.0844 e. The zero-order valence-corrected chi connectivity index (χ0v) is 9.65. The third kappa shape index (κ3) is 2.36. The van der Waals surface area contributed by atoms with Crippen molar-refractivity contribution in [3.05, 3.63) is 0 Å². The molecule has 1 aliphatic carbocycles. The molecule has 86 valence electrons. The van der Waals surface area contributed by atoms with E-state index >= 15 is 0 Å². The molecule has 15 heavy (non-hydrogen) atoms. The minimum absolute atomic E-state index is 0.618. The number of ether oxygens (including phenoxy) is 2. The molecule has 0 bridgehead atoms. The zero-order valence-electron chi connectivity index (χ0n) is 9.65. The van der Waals surface area contributed by atoms with Crippen LogP contribution in [0.5, 0.6) is 0 Å². The molecule has 2 heterocycles. The van der Waals surface area contributed by atoms with Crippen LogP contribution in [0.15, 0.2) is 0 Å². The number of hydrogen-bond donors (Lipinski definition) is 0. The number of epoxide rings is 2. The largest absolute Gasteiger partial charge is 0.373 e. The van der Waals surface area contributed by atoms with Crippen LogP contribution in [0.1, 0.15) is 45.4 Å². The summed E-state index contributed by atoms with van der Waals surface area (Å²) in [5, 5.41) is 0. The van der Waals surface area contributed by atoms with Crippen LogP contribution < -0.4 is 0 Å². The van der Waals surface area contributed by atoms with Gasteiger partial charge >= 0.3 is 0 Å². The monoisotopic (exact) mass is 210 g/mol. The molecular formula is C13H22O2. The van der Waals surface area contributed by atoms with E-state index in [0.717, 1.165) is 18.4 Å². The summed E-state index contributed by atoms with van der Waals surface area (Å²) in [6.45, 7) is 3.37. The van der Waals surface area contributed by atoms with Gasteiger partial charge in [0.05, 0.1) is 24.9 Å². The van der Waals surface area contributed by atoms with Crippen molar-refractivity contribution < 1.29 is 9.47 Å². The minimum atomic E-state index is 0.618. The van der Waals surface area contributed by atoms with Gasteiger partial charge in [-0.1, -0.05) is 13.3 Å². The maximum atomic E-state index is 5.62. The molecule has 2 aliphatic heterocycles. The molecule has 2 nitrogen and oxygen atoms in total. The molecule has 3 fully saturated rings. The normalized spacial score (nSPS) is 44.6. The van der Waals surface area contributed by atoms with Crippen LogP contribution in [0, 0.1) is 11.8 Å². The summed E-state index contributed by atoms with van der Waals surface area (Å²) in [6.07, 6.45) is 10.0. The van der Waals surface area contributed by atoms with Crippen LogP contribution in [-0.4, -0.2) is 24.9 Å². The molecule has 0 aromatic carbocycles. The Morgan fingerprint density at radius 1 is 1.27 bits per heavy atom. The summed E-state index contributed by atoms with van der Waals surface area (Å²) in [5.74, 6) is 1.87. The van der Waals surface area contributed by atoms with Crippen molar-refractivity contribution in [2.75, 3.05) is 6.61 Å². The van der Waals surface area contributed by atoms with Gasteiger partial charge in [0, 0.05) is 0 Å². The Hall–Kier alpha value is -0.0800. The molecule has 3 aliphatic rings. The molecule has 0 radical (unpaired) electrons. The number of hydrogen-bond acceptors (Lipinski definition) is 2. The molecule has 5 atom stereocenters. The second-order valence-corrected chi connectivity index (χ2v) is 5.49. The lowest BCUT2D eigenvalue weighted by atomic mass is 9.77. The minimum Gasteiger partial charge on any atom is -0.373 e.